The van der Waals surface area contributed by atoms with Crippen LogP contribution in [0.3, 0.4) is 0 Å². The lowest BCUT2D eigenvalue weighted by Gasteiger charge is -2.30. The second kappa shape index (κ2) is 5.82. The lowest BCUT2D eigenvalue weighted by atomic mass is 9.81. The fraction of sp³-hybridized carbons (Fsp3) is 0.750. The summed E-state index contributed by atoms with van der Waals surface area (Å²) in [5.74, 6) is 0.812. The topological polar surface area (TPSA) is 33.0 Å². The van der Waals surface area contributed by atoms with Gasteiger partial charge in [0.05, 0.1) is 24.7 Å². The highest BCUT2D eigenvalue weighted by Crippen LogP contribution is 2.30. The summed E-state index contributed by atoms with van der Waals surface area (Å²) in [6, 6.07) is 2.35. The fourth-order valence-corrected chi connectivity index (χ4v) is 1.94. The van der Waals surface area contributed by atoms with Crippen LogP contribution in [0.4, 0.5) is 0 Å². The molecular weight excluding hydrogens is 174 g/mol. The molecule has 1 saturated carbocycles. The Morgan fingerprint density at radius 1 is 1.50 bits per heavy atom. The van der Waals surface area contributed by atoms with Crippen molar-refractivity contribution in [2.24, 2.45) is 11.8 Å². The highest BCUT2D eigenvalue weighted by Gasteiger charge is 2.28. The molecule has 14 heavy (non-hydrogen) atoms. The zero-order valence-electron chi connectivity index (χ0n) is 9.07. The van der Waals surface area contributed by atoms with E-state index in [4.69, 9.17) is 10.00 Å². The number of ether oxygens (including phenoxy) is 1. The van der Waals surface area contributed by atoms with Gasteiger partial charge in [-0.2, -0.15) is 5.26 Å². The molecule has 0 spiro atoms. The van der Waals surface area contributed by atoms with Crippen molar-refractivity contribution in [1.82, 2.24) is 0 Å². The van der Waals surface area contributed by atoms with Crippen LogP contribution in [0.5, 0.6) is 0 Å². The normalized spacial score (nSPS) is 33.1. The van der Waals surface area contributed by atoms with E-state index < -0.39 is 0 Å². The molecule has 0 aromatic heterocycles. The predicted molar refractivity (Wildman–Crippen MR) is 56.7 cm³/mol. The van der Waals surface area contributed by atoms with Gasteiger partial charge in [0, 0.05) is 0 Å². The van der Waals surface area contributed by atoms with Gasteiger partial charge < -0.3 is 4.74 Å². The summed E-state index contributed by atoms with van der Waals surface area (Å²) in [6.45, 7) is 4.86. The van der Waals surface area contributed by atoms with Gasteiger partial charge in [-0.05, 0) is 32.1 Å². The predicted octanol–water partition coefficient (Wildman–Crippen LogP) is 2.91. The van der Waals surface area contributed by atoms with E-state index in [0.717, 1.165) is 12.8 Å². The van der Waals surface area contributed by atoms with Gasteiger partial charge in [-0.3, -0.25) is 0 Å². The van der Waals surface area contributed by atoms with Gasteiger partial charge >= 0.3 is 0 Å². The molecule has 0 heterocycles. The van der Waals surface area contributed by atoms with E-state index in [1.54, 1.807) is 0 Å². The molecule has 3 atom stereocenters. The Morgan fingerprint density at radius 2 is 2.29 bits per heavy atom. The molecule has 1 fully saturated rings. The Hall–Kier alpha value is -0.810. The largest absolute Gasteiger partial charge is 0.373 e. The maximum atomic E-state index is 8.96. The summed E-state index contributed by atoms with van der Waals surface area (Å²) in [4.78, 5) is 0. The van der Waals surface area contributed by atoms with Crippen molar-refractivity contribution in [2.75, 3.05) is 6.61 Å². The lowest BCUT2D eigenvalue weighted by Crippen LogP contribution is -2.30. The highest BCUT2D eigenvalue weighted by molar-refractivity contribution is 4.93. The van der Waals surface area contributed by atoms with E-state index in [9.17, 15) is 0 Å². The number of nitrogens with zero attached hydrogens (tertiary/aromatic N) is 1. The van der Waals surface area contributed by atoms with Gasteiger partial charge in [-0.1, -0.05) is 19.1 Å². The SMILES string of the molecule is CC=CCOC1CC(C)CCC1C#N. The van der Waals surface area contributed by atoms with Gasteiger partial charge in [0.15, 0.2) is 0 Å². The molecule has 0 radical (unpaired) electrons. The molecule has 1 aliphatic carbocycles. The Bertz CT molecular complexity index is 229. The van der Waals surface area contributed by atoms with Gasteiger partial charge in [0.25, 0.3) is 0 Å². The molecule has 0 saturated heterocycles. The summed E-state index contributed by atoms with van der Waals surface area (Å²) in [7, 11) is 0. The van der Waals surface area contributed by atoms with Gasteiger partial charge in [0.2, 0.25) is 0 Å². The van der Waals surface area contributed by atoms with Gasteiger partial charge in [-0.15, -0.1) is 0 Å². The molecule has 0 bridgehead atoms. The second-order valence-corrected chi connectivity index (χ2v) is 4.09. The molecule has 0 amide bonds. The average molecular weight is 193 g/mol. The Morgan fingerprint density at radius 3 is 2.93 bits per heavy atom. The maximum Gasteiger partial charge on any atom is 0.0740 e. The number of hydrogen-bond acceptors (Lipinski definition) is 2. The number of hydrogen-bond donors (Lipinski definition) is 0. The summed E-state index contributed by atoms with van der Waals surface area (Å²) < 4.78 is 5.69. The molecule has 1 aliphatic rings. The minimum Gasteiger partial charge on any atom is -0.373 e. The standard InChI is InChI=1S/C12H19NO/c1-3-4-7-14-12-8-10(2)5-6-11(12)9-13/h3-4,10-12H,5-8H2,1-2H3. The molecule has 0 N–H and O–H groups in total. The van der Waals surface area contributed by atoms with Crippen LogP contribution in [0.15, 0.2) is 12.2 Å². The van der Waals surface area contributed by atoms with E-state index in [2.05, 4.69) is 13.0 Å². The molecule has 3 unspecified atom stereocenters. The van der Waals surface area contributed by atoms with E-state index >= 15 is 0 Å². The Kier molecular flexibility index (Phi) is 4.69. The van der Waals surface area contributed by atoms with Crippen LogP contribution < -0.4 is 0 Å². The van der Waals surface area contributed by atoms with E-state index in [1.165, 1.54) is 6.42 Å². The smallest absolute Gasteiger partial charge is 0.0740 e. The fourth-order valence-electron chi connectivity index (χ4n) is 1.94. The van der Waals surface area contributed by atoms with Crippen LogP contribution in [0, 0.1) is 23.2 Å². The molecule has 2 heteroatoms. The van der Waals surface area contributed by atoms with Crippen molar-refractivity contribution >= 4 is 0 Å². The summed E-state index contributed by atoms with van der Waals surface area (Å²) in [6.07, 6.45) is 7.33. The molecule has 1 rings (SSSR count). The third kappa shape index (κ3) is 3.16. The zero-order chi connectivity index (χ0) is 10.4. The molecular formula is C12H19NO. The molecule has 78 valence electrons. The maximum absolute atomic E-state index is 8.96. The highest BCUT2D eigenvalue weighted by atomic mass is 16.5. The minimum atomic E-state index is 0.108. The molecule has 0 aliphatic heterocycles. The van der Waals surface area contributed by atoms with Crippen LogP contribution >= 0.6 is 0 Å². The molecule has 0 aromatic carbocycles. The molecule has 2 nitrogen and oxygen atoms in total. The second-order valence-electron chi connectivity index (χ2n) is 4.09. The van der Waals surface area contributed by atoms with Crippen LogP contribution in [-0.2, 0) is 4.74 Å². The third-order valence-electron chi connectivity index (χ3n) is 2.86. The van der Waals surface area contributed by atoms with Gasteiger partial charge in [0.1, 0.15) is 0 Å². The summed E-state index contributed by atoms with van der Waals surface area (Å²) in [5, 5.41) is 8.96. The average Bonchev–Trinajstić information content (AvgIpc) is 2.19. The van der Waals surface area contributed by atoms with Crippen molar-refractivity contribution < 1.29 is 4.74 Å². The monoisotopic (exact) mass is 193 g/mol. The number of nitriles is 1. The first-order chi connectivity index (χ1) is 6.77. The third-order valence-corrected chi connectivity index (χ3v) is 2.86. The van der Waals surface area contributed by atoms with Crippen molar-refractivity contribution in [3.05, 3.63) is 12.2 Å². The van der Waals surface area contributed by atoms with Gasteiger partial charge in [-0.25, -0.2) is 0 Å². The number of rotatable bonds is 3. The first-order valence-electron chi connectivity index (χ1n) is 5.40. The van der Waals surface area contributed by atoms with Crippen LogP contribution in [-0.4, -0.2) is 12.7 Å². The van der Waals surface area contributed by atoms with E-state index in [-0.39, 0.29) is 12.0 Å². The van der Waals surface area contributed by atoms with E-state index in [0.29, 0.717) is 12.5 Å². The van der Waals surface area contributed by atoms with E-state index in [1.807, 2.05) is 19.1 Å². The Balaban J connectivity index is 2.41. The van der Waals surface area contributed by atoms with Crippen molar-refractivity contribution in [3.8, 4) is 6.07 Å². The Labute approximate surface area is 86.6 Å². The van der Waals surface area contributed by atoms with Crippen LogP contribution in [0.2, 0.25) is 0 Å². The molecule has 0 aromatic rings. The van der Waals surface area contributed by atoms with Crippen molar-refractivity contribution in [1.29, 1.82) is 5.26 Å². The lowest BCUT2D eigenvalue weighted by molar-refractivity contribution is 0.00766. The van der Waals surface area contributed by atoms with Crippen LogP contribution in [0.25, 0.3) is 0 Å². The van der Waals surface area contributed by atoms with Crippen molar-refractivity contribution in [3.63, 3.8) is 0 Å². The number of allylic oxidation sites excluding steroid dienone is 1. The summed E-state index contributed by atoms with van der Waals surface area (Å²) in [5.41, 5.74) is 0. The van der Waals surface area contributed by atoms with Crippen LogP contribution in [0.1, 0.15) is 33.1 Å². The minimum absolute atomic E-state index is 0.108. The first-order valence-corrected chi connectivity index (χ1v) is 5.40. The summed E-state index contributed by atoms with van der Waals surface area (Å²) >= 11 is 0. The zero-order valence-corrected chi connectivity index (χ0v) is 9.07. The quantitative estimate of drug-likeness (QED) is 0.646. The first kappa shape index (κ1) is 11.3. The van der Waals surface area contributed by atoms with Crippen molar-refractivity contribution in [2.45, 2.75) is 39.2 Å².